The van der Waals surface area contributed by atoms with Crippen LogP contribution in [0.15, 0.2) is 78.0 Å². The van der Waals surface area contributed by atoms with E-state index >= 15 is 0 Å². The van der Waals surface area contributed by atoms with Crippen LogP contribution in [-0.4, -0.2) is 47.4 Å². The van der Waals surface area contributed by atoms with E-state index in [4.69, 9.17) is 4.42 Å². The smallest absolute Gasteiger partial charge is 0.281 e. The first-order valence-corrected chi connectivity index (χ1v) is 12.9. The first kappa shape index (κ1) is 28.4. The summed E-state index contributed by atoms with van der Waals surface area (Å²) in [6.45, 7) is 6.51. The van der Waals surface area contributed by atoms with Gasteiger partial charge in [-0.05, 0) is 47.2 Å². The molecule has 0 fully saturated rings. The summed E-state index contributed by atoms with van der Waals surface area (Å²) < 4.78 is 18.7. The van der Waals surface area contributed by atoms with E-state index in [1.807, 2.05) is 26.2 Å². The van der Waals surface area contributed by atoms with Crippen molar-refractivity contribution in [1.29, 1.82) is 0 Å². The van der Waals surface area contributed by atoms with E-state index in [0.29, 0.717) is 23.6 Å². The summed E-state index contributed by atoms with van der Waals surface area (Å²) in [5.74, 6) is -0.866. The average molecular weight is 545 g/mol. The third kappa shape index (κ3) is 6.69. The normalized spacial score (nSPS) is 12.1. The van der Waals surface area contributed by atoms with Crippen molar-refractivity contribution in [3.8, 4) is 0 Å². The van der Waals surface area contributed by atoms with Crippen molar-refractivity contribution >= 4 is 23.5 Å². The second-order valence-electron chi connectivity index (χ2n) is 10.6. The predicted molar refractivity (Wildman–Crippen MR) is 151 cm³/mol. The highest BCUT2D eigenvalue weighted by atomic mass is 19.1. The number of carbonyl (C=O) groups is 2. The van der Waals surface area contributed by atoms with Gasteiger partial charge in [0.25, 0.3) is 5.91 Å². The van der Waals surface area contributed by atoms with Crippen LogP contribution in [0.25, 0.3) is 0 Å². The topological polar surface area (TPSA) is 104 Å². The molecule has 2 aromatic carbocycles. The van der Waals surface area contributed by atoms with Crippen LogP contribution >= 0.6 is 0 Å². The van der Waals surface area contributed by atoms with Crippen molar-refractivity contribution in [2.75, 3.05) is 30.4 Å². The van der Waals surface area contributed by atoms with Crippen LogP contribution in [0, 0.1) is 5.82 Å². The van der Waals surface area contributed by atoms with Crippen LogP contribution < -0.4 is 15.1 Å². The number of benzene rings is 2. The summed E-state index contributed by atoms with van der Waals surface area (Å²) in [6.07, 6.45) is 5.88. The molecule has 2 amide bonds. The number of rotatable bonds is 9. The molecule has 2 heterocycles. The molecule has 2 aromatic heterocycles. The fourth-order valence-electron chi connectivity index (χ4n) is 4.19. The summed E-state index contributed by atoms with van der Waals surface area (Å²) in [5, 5.41) is 2.91. The van der Waals surface area contributed by atoms with E-state index in [2.05, 4.69) is 41.0 Å². The third-order valence-corrected chi connectivity index (χ3v) is 6.36. The zero-order valence-electron chi connectivity index (χ0n) is 23.3. The Morgan fingerprint density at radius 3 is 2.30 bits per heavy atom. The molecule has 40 heavy (non-hydrogen) atoms. The zero-order chi connectivity index (χ0) is 28.9. The van der Waals surface area contributed by atoms with Crippen molar-refractivity contribution in [3.05, 3.63) is 102 Å². The molecule has 208 valence electrons. The molecule has 1 unspecified atom stereocenters. The number of amides is 2. The summed E-state index contributed by atoms with van der Waals surface area (Å²) in [4.78, 5) is 43.6. The molecule has 1 N–H and O–H groups in total. The van der Waals surface area contributed by atoms with Gasteiger partial charge in [-0.3, -0.25) is 14.5 Å². The van der Waals surface area contributed by atoms with Crippen LogP contribution in [0.3, 0.4) is 0 Å². The molecule has 4 aromatic rings. The molecule has 0 aliphatic rings. The van der Waals surface area contributed by atoms with Gasteiger partial charge in [-0.25, -0.2) is 19.3 Å². The van der Waals surface area contributed by atoms with Gasteiger partial charge in [-0.1, -0.05) is 45.0 Å². The zero-order valence-corrected chi connectivity index (χ0v) is 23.3. The Balaban J connectivity index is 1.74. The number of anilines is 2. The van der Waals surface area contributed by atoms with Crippen LogP contribution in [0.4, 0.5) is 16.0 Å². The number of nitrogens with one attached hydrogen (secondary N) is 1. The van der Waals surface area contributed by atoms with Gasteiger partial charge in [0.15, 0.2) is 12.1 Å². The number of hydrogen-bond acceptors (Lipinski definition) is 7. The molecule has 9 nitrogen and oxygen atoms in total. The van der Waals surface area contributed by atoms with E-state index in [9.17, 15) is 14.0 Å². The number of halogens is 1. The molecular formula is C30H33FN6O3. The molecule has 0 spiro atoms. The van der Waals surface area contributed by atoms with Gasteiger partial charge in [0.1, 0.15) is 18.1 Å². The molecule has 0 bridgehead atoms. The van der Waals surface area contributed by atoms with Crippen molar-refractivity contribution in [1.82, 2.24) is 20.3 Å². The minimum atomic E-state index is -1.13. The number of carbonyl (C=O) groups excluding carboxylic acids is 2. The second-order valence-corrected chi connectivity index (χ2v) is 10.6. The van der Waals surface area contributed by atoms with Crippen LogP contribution in [0.5, 0.6) is 0 Å². The Kier molecular flexibility index (Phi) is 8.57. The third-order valence-electron chi connectivity index (χ3n) is 6.36. The summed E-state index contributed by atoms with van der Waals surface area (Å²) in [5.41, 5.74) is 2.64. The second kappa shape index (κ2) is 12.1. The summed E-state index contributed by atoms with van der Waals surface area (Å²) in [6, 6.07) is 12.6. The van der Waals surface area contributed by atoms with Crippen molar-refractivity contribution in [2.24, 2.45) is 0 Å². The van der Waals surface area contributed by atoms with Gasteiger partial charge in [0, 0.05) is 44.3 Å². The van der Waals surface area contributed by atoms with E-state index in [-0.39, 0.29) is 23.5 Å². The maximum absolute atomic E-state index is 13.8. The first-order chi connectivity index (χ1) is 19.0. The minimum absolute atomic E-state index is 0.0447. The Labute approximate surface area is 233 Å². The van der Waals surface area contributed by atoms with Gasteiger partial charge >= 0.3 is 0 Å². The average Bonchev–Trinajstić information content (AvgIpc) is 3.46. The highest BCUT2D eigenvalue weighted by Crippen LogP contribution is 2.32. The maximum Gasteiger partial charge on any atom is 0.281 e. The molecule has 0 aliphatic carbocycles. The van der Waals surface area contributed by atoms with Crippen molar-refractivity contribution in [3.63, 3.8) is 0 Å². The van der Waals surface area contributed by atoms with E-state index in [0.717, 1.165) is 17.5 Å². The van der Waals surface area contributed by atoms with E-state index in [1.165, 1.54) is 35.7 Å². The fourth-order valence-corrected chi connectivity index (χ4v) is 4.19. The highest BCUT2D eigenvalue weighted by molar-refractivity contribution is 6.09. The molecule has 1 atom stereocenters. The van der Waals surface area contributed by atoms with E-state index < -0.39 is 17.9 Å². The molecule has 0 radical (unpaired) electrons. The number of hydrogen-bond donors (Lipinski definition) is 1. The molecule has 10 heteroatoms. The predicted octanol–water partition coefficient (Wildman–Crippen LogP) is 4.71. The van der Waals surface area contributed by atoms with Gasteiger partial charge < -0.3 is 14.6 Å². The fraction of sp³-hybridized carbons (Fsp3) is 0.300. The van der Waals surface area contributed by atoms with Crippen molar-refractivity contribution < 1.29 is 18.4 Å². The first-order valence-electron chi connectivity index (χ1n) is 12.9. The maximum atomic E-state index is 13.8. The highest BCUT2D eigenvalue weighted by Gasteiger charge is 2.35. The molecule has 0 saturated carbocycles. The molecule has 0 aliphatic heterocycles. The largest absolute Gasteiger partial charge is 0.451 e. The number of nitrogens with zero attached hydrogens (tertiary/aromatic N) is 5. The van der Waals surface area contributed by atoms with Gasteiger partial charge in [0.2, 0.25) is 11.9 Å². The van der Waals surface area contributed by atoms with Crippen LogP contribution in [-0.2, 0) is 16.6 Å². The standard InChI is InChI=1S/C30H33FN6O3/c1-30(2,3)22-9-11-24(12-10-22)37(28(39)25-18-40-19-35-25)26(21-16-33-29(34-17-21)36(4)5)27(38)32-14-13-20-7-6-8-23(31)15-20/h6-12,15-19,26H,13-14H2,1-5H3,(H,32,38). The Morgan fingerprint density at radius 1 is 1.02 bits per heavy atom. The number of oxazole rings is 1. The lowest BCUT2D eigenvalue weighted by Gasteiger charge is -2.31. The molecule has 0 saturated heterocycles. The van der Waals surface area contributed by atoms with E-state index in [1.54, 1.807) is 29.2 Å². The number of aromatic nitrogens is 3. The molecule has 4 rings (SSSR count). The molecular weight excluding hydrogens is 511 g/mol. The van der Waals surface area contributed by atoms with Crippen molar-refractivity contribution in [2.45, 2.75) is 38.6 Å². The SMILES string of the molecule is CN(C)c1ncc(C(C(=O)NCCc2cccc(F)c2)N(C(=O)c2cocn2)c2ccc(C(C)(C)C)cc2)cn1. The minimum Gasteiger partial charge on any atom is -0.451 e. The van der Waals surface area contributed by atoms with Gasteiger partial charge in [-0.15, -0.1) is 0 Å². The van der Waals surface area contributed by atoms with Crippen LogP contribution in [0.2, 0.25) is 0 Å². The van der Waals surface area contributed by atoms with Gasteiger partial charge in [0.05, 0.1) is 0 Å². The quantitative estimate of drug-likeness (QED) is 0.325. The summed E-state index contributed by atoms with van der Waals surface area (Å²) >= 11 is 0. The lowest BCUT2D eigenvalue weighted by atomic mass is 9.87. The lowest BCUT2D eigenvalue weighted by molar-refractivity contribution is -0.122. The lowest BCUT2D eigenvalue weighted by Crippen LogP contribution is -2.44. The van der Waals surface area contributed by atoms with Gasteiger partial charge in [-0.2, -0.15) is 0 Å². The Bertz CT molecular complexity index is 1430. The Hall–Kier alpha value is -4.60. The van der Waals surface area contributed by atoms with Crippen LogP contribution in [0.1, 0.15) is 54.0 Å². The monoisotopic (exact) mass is 544 g/mol. The summed E-state index contributed by atoms with van der Waals surface area (Å²) in [7, 11) is 3.62. The Morgan fingerprint density at radius 2 is 1.73 bits per heavy atom.